The van der Waals surface area contributed by atoms with Gasteiger partial charge in [0, 0.05) is 29.8 Å². The van der Waals surface area contributed by atoms with Crippen LogP contribution in [-0.2, 0) is 16.2 Å². The highest BCUT2D eigenvalue weighted by Crippen LogP contribution is 2.31. The molecule has 0 spiro atoms. The first-order valence-electron chi connectivity index (χ1n) is 9.08. The van der Waals surface area contributed by atoms with Gasteiger partial charge < -0.3 is 5.32 Å². The van der Waals surface area contributed by atoms with Gasteiger partial charge in [0.05, 0.1) is 10.5 Å². The number of halogens is 3. The minimum absolute atomic E-state index is 0.190. The standard InChI is InChI=1S/C20H15F3N6O2S/c21-20(22,23)14-2-1-3-17(10-14)32(30,31)28-16-6-4-15(5-7-16)27-18-11-19(26-12-25-18)29-9-8-24-13-29/h1-13,28H,(H,25,26,27). The Hall–Kier alpha value is -3.93. The van der Waals surface area contributed by atoms with E-state index in [9.17, 15) is 21.6 Å². The van der Waals surface area contributed by atoms with E-state index in [-0.39, 0.29) is 5.69 Å². The highest BCUT2D eigenvalue weighted by atomic mass is 32.2. The van der Waals surface area contributed by atoms with Gasteiger partial charge in [0.15, 0.2) is 0 Å². The van der Waals surface area contributed by atoms with Crippen molar-refractivity contribution < 1.29 is 21.6 Å². The lowest BCUT2D eigenvalue weighted by atomic mass is 10.2. The number of anilines is 3. The summed E-state index contributed by atoms with van der Waals surface area (Å²) in [7, 11) is -4.20. The summed E-state index contributed by atoms with van der Waals surface area (Å²) in [5.74, 6) is 1.10. The molecular weight excluding hydrogens is 445 g/mol. The van der Waals surface area contributed by atoms with Gasteiger partial charge in [-0.2, -0.15) is 13.2 Å². The Morgan fingerprint density at radius 2 is 1.69 bits per heavy atom. The molecule has 0 radical (unpaired) electrons. The number of nitrogens with one attached hydrogen (secondary N) is 2. The van der Waals surface area contributed by atoms with E-state index in [0.717, 1.165) is 18.2 Å². The van der Waals surface area contributed by atoms with Gasteiger partial charge in [-0.3, -0.25) is 9.29 Å². The number of nitrogens with zero attached hydrogens (tertiary/aromatic N) is 4. The van der Waals surface area contributed by atoms with Crippen LogP contribution in [0.15, 0.2) is 84.5 Å². The van der Waals surface area contributed by atoms with Crippen molar-refractivity contribution in [2.24, 2.45) is 0 Å². The SMILES string of the molecule is O=S(=O)(Nc1ccc(Nc2cc(-n3ccnc3)ncn2)cc1)c1cccc(C(F)(F)F)c1. The number of hydrogen-bond donors (Lipinski definition) is 2. The van der Waals surface area contributed by atoms with E-state index in [1.807, 2.05) is 0 Å². The molecule has 0 amide bonds. The predicted molar refractivity (Wildman–Crippen MR) is 111 cm³/mol. The maximum Gasteiger partial charge on any atom is 0.416 e. The van der Waals surface area contributed by atoms with Crippen molar-refractivity contribution in [3.05, 3.63) is 85.2 Å². The van der Waals surface area contributed by atoms with Crippen LogP contribution >= 0.6 is 0 Å². The molecule has 0 aliphatic heterocycles. The molecule has 2 heterocycles. The first kappa shape index (κ1) is 21.3. The van der Waals surface area contributed by atoms with Crippen molar-refractivity contribution in [2.45, 2.75) is 11.1 Å². The number of alkyl halides is 3. The molecule has 0 bridgehead atoms. The summed E-state index contributed by atoms with van der Waals surface area (Å²) < 4.78 is 67.6. The summed E-state index contributed by atoms with van der Waals surface area (Å²) >= 11 is 0. The molecule has 0 fully saturated rings. The average Bonchev–Trinajstić information content (AvgIpc) is 3.30. The number of rotatable bonds is 6. The van der Waals surface area contributed by atoms with Crippen LogP contribution in [0.25, 0.3) is 5.82 Å². The summed E-state index contributed by atoms with van der Waals surface area (Å²) in [5, 5.41) is 3.06. The fourth-order valence-electron chi connectivity index (χ4n) is 2.77. The number of sulfonamides is 1. The quantitative estimate of drug-likeness (QED) is 0.447. The molecule has 0 saturated heterocycles. The van der Waals surface area contributed by atoms with Gasteiger partial charge in [-0.05, 0) is 42.5 Å². The lowest BCUT2D eigenvalue weighted by Crippen LogP contribution is -2.14. The summed E-state index contributed by atoms with van der Waals surface area (Å²) in [6.07, 6.45) is 1.69. The third kappa shape index (κ3) is 4.86. The van der Waals surface area contributed by atoms with Crippen LogP contribution in [0.5, 0.6) is 0 Å². The topological polar surface area (TPSA) is 102 Å². The molecule has 12 heteroatoms. The van der Waals surface area contributed by atoms with Crippen molar-refractivity contribution in [3.63, 3.8) is 0 Å². The minimum Gasteiger partial charge on any atom is -0.340 e. The third-order valence-corrected chi connectivity index (χ3v) is 5.68. The van der Waals surface area contributed by atoms with Crippen LogP contribution in [0.2, 0.25) is 0 Å². The van der Waals surface area contributed by atoms with Crippen LogP contribution in [-0.4, -0.2) is 27.9 Å². The minimum atomic E-state index is -4.64. The van der Waals surface area contributed by atoms with Crippen molar-refractivity contribution >= 4 is 27.2 Å². The van der Waals surface area contributed by atoms with Crippen LogP contribution in [0.4, 0.5) is 30.4 Å². The van der Waals surface area contributed by atoms with Crippen LogP contribution < -0.4 is 10.0 Å². The summed E-state index contributed by atoms with van der Waals surface area (Å²) in [5.41, 5.74) is -0.239. The third-order valence-electron chi connectivity index (χ3n) is 4.30. The number of imidazole rings is 1. The van der Waals surface area contributed by atoms with Crippen LogP contribution in [0.1, 0.15) is 5.56 Å². The Kier molecular flexibility index (Phi) is 5.53. The molecule has 0 aliphatic rings. The van der Waals surface area contributed by atoms with Crippen LogP contribution in [0, 0.1) is 0 Å². The molecule has 2 N–H and O–H groups in total. The van der Waals surface area contributed by atoms with Gasteiger partial charge in [-0.1, -0.05) is 6.07 Å². The second-order valence-corrected chi connectivity index (χ2v) is 8.25. The molecule has 32 heavy (non-hydrogen) atoms. The molecule has 2 aromatic heterocycles. The Morgan fingerprint density at radius 3 is 2.38 bits per heavy atom. The van der Waals surface area contributed by atoms with E-state index in [4.69, 9.17) is 0 Å². The number of hydrogen-bond acceptors (Lipinski definition) is 6. The zero-order chi connectivity index (χ0) is 22.8. The first-order valence-corrected chi connectivity index (χ1v) is 10.6. The second-order valence-electron chi connectivity index (χ2n) is 6.56. The number of aromatic nitrogens is 4. The Bertz CT molecular complexity index is 1320. The summed E-state index contributed by atoms with van der Waals surface area (Å²) in [6.45, 7) is 0. The molecule has 0 unspecified atom stereocenters. The highest BCUT2D eigenvalue weighted by molar-refractivity contribution is 7.92. The summed E-state index contributed by atoms with van der Waals surface area (Å²) in [6, 6.07) is 11.4. The molecule has 0 saturated carbocycles. The lowest BCUT2D eigenvalue weighted by molar-refractivity contribution is -0.137. The van der Waals surface area contributed by atoms with E-state index >= 15 is 0 Å². The van der Waals surface area contributed by atoms with Gasteiger partial charge in [0.1, 0.15) is 24.3 Å². The van der Waals surface area contributed by atoms with Crippen molar-refractivity contribution in [3.8, 4) is 5.82 Å². The Labute approximate surface area is 180 Å². The highest BCUT2D eigenvalue weighted by Gasteiger charge is 2.31. The number of benzene rings is 2. The van der Waals surface area contributed by atoms with Gasteiger partial charge in [0.25, 0.3) is 10.0 Å². The molecule has 8 nitrogen and oxygen atoms in total. The van der Waals surface area contributed by atoms with E-state index in [0.29, 0.717) is 23.4 Å². The molecule has 4 rings (SSSR count). The molecule has 164 valence electrons. The van der Waals surface area contributed by atoms with Crippen molar-refractivity contribution in [1.29, 1.82) is 0 Å². The van der Waals surface area contributed by atoms with Crippen molar-refractivity contribution in [1.82, 2.24) is 19.5 Å². The zero-order valence-corrected chi connectivity index (χ0v) is 17.0. The van der Waals surface area contributed by atoms with E-state index in [2.05, 4.69) is 25.0 Å². The Balaban J connectivity index is 1.48. The molecule has 4 aromatic rings. The molecule has 2 aromatic carbocycles. The van der Waals surface area contributed by atoms with Crippen molar-refractivity contribution in [2.75, 3.05) is 10.0 Å². The van der Waals surface area contributed by atoms with E-state index < -0.39 is 26.7 Å². The smallest absolute Gasteiger partial charge is 0.340 e. The van der Waals surface area contributed by atoms with Crippen LogP contribution in [0.3, 0.4) is 0 Å². The fourth-order valence-corrected chi connectivity index (χ4v) is 3.88. The van der Waals surface area contributed by atoms with Gasteiger partial charge in [-0.15, -0.1) is 0 Å². The molecular formula is C20H15F3N6O2S. The largest absolute Gasteiger partial charge is 0.416 e. The first-order chi connectivity index (χ1) is 15.2. The lowest BCUT2D eigenvalue weighted by Gasteiger charge is -2.12. The predicted octanol–water partition coefficient (Wildman–Crippen LogP) is 4.23. The monoisotopic (exact) mass is 460 g/mol. The summed E-state index contributed by atoms with van der Waals surface area (Å²) in [4.78, 5) is 11.8. The normalized spacial score (nSPS) is 11.8. The molecule has 0 atom stereocenters. The molecule has 0 aliphatic carbocycles. The maximum absolute atomic E-state index is 12.9. The average molecular weight is 460 g/mol. The van der Waals surface area contributed by atoms with Gasteiger partial charge in [0.2, 0.25) is 0 Å². The zero-order valence-electron chi connectivity index (χ0n) is 16.2. The van der Waals surface area contributed by atoms with E-state index in [1.165, 1.54) is 18.5 Å². The van der Waals surface area contributed by atoms with Gasteiger partial charge >= 0.3 is 6.18 Å². The second kappa shape index (κ2) is 8.30. The maximum atomic E-state index is 12.9. The van der Waals surface area contributed by atoms with Gasteiger partial charge in [-0.25, -0.2) is 23.4 Å². The Morgan fingerprint density at radius 1 is 0.938 bits per heavy atom. The fraction of sp³-hybridized carbons (Fsp3) is 0.0500. The van der Waals surface area contributed by atoms with E-state index in [1.54, 1.807) is 41.5 Å².